The summed E-state index contributed by atoms with van der Waals surface area (Å²) in [5.41, 5.74) is 4.10. The fraction of sp³-hybridized carbons (Fsp3) is 0.100. The monoisotopic (exact) mass is 343 g/mol. The number of hydrogen-bond donors (Lipinski definition) is 1. The van der Waals surface area contributed by atoms with Crippen molar-refractivity contribution < 1.29 is 4.79 Å². The smallest absolute Gasteiger partial charge is 0.275 e. The van der Waals surface area contributed by atoms with E-state index in [-0.39, 0.29) is 5.91 Å². The molecule has 0 fully saturated rings. The number of aromatic nitrogens is 4. The van der Waals surface area contributed by atoms with Gasteiger partial charge in [-0.25, -0.2) is 9.97 Å². The van der Waals surface area contributed by atoms with E-state index in [1.807, 2.05) is 55.2 Å². The molecule has 0 saturated heterocycles. The van der Waals surface area contributed by atoms with Crippen molar-refractivity contribution in [2.24, 2.45) is 7.05 Å². The summed E-state index contributed by atoms with van der Waals surface area (Å²) in [6.07, 6.45) is 7.15. The van der Waals surface area contributed by atoms with Crippen LogP contribution in [0.1, 0.15) is 16.1 Å². The highest BCUT2D eigenvalue weighted by Crippen LogP contribution is 2.31. The average molecular weight is 343 g/mol. The van der Waals surface area contributed by atoms with Gasteiger partial charge in [-0.15, -0.1) is 0 Å². The molecule has 4 heterocycles. The number of hydrogen-bond acceptors (Lipinski definition) is 4. The van der Waals surface area contributed by atoms with Gasteiger partial charge in [-0.1, -0.05) is 6.07 Å². The van der Waals surface area contributed by atoms with Crippen LogP contribution in [0.3, 0.4) is 0 Å². The van der Waals surface area contributed by atoms with E-state index < -0.39 is 0 Å². The minimum absolute atomic E-state index is 0.297. The summed E-state index contributed by atoms with van der Waals surface area (Å²) in [7, 11) is 1.91. The van der Waals surface area contributed by atoms with Gasteiger partial charge >= 0.3 is 0 Å². The normalized spacial score (nSPS) is 10.8. The third-order valence-corrected chi connectivity index (χ3v) is 4.31. The van der Waals surface area contributed by atoms with E-state index in [4.69, 9.17) is 0 Å². The maximum absolute atomic E-state index is 12.7. The molecule has 0 atom stereocenters. The highest BCUT2D eigenvalue weighted by Gasteiger charge is 2.16. The van der Waals surface area contributed by atoms with Crippen LogP contribution in [0.4, 0.5) is 5.82 Å². The number of pyridine rings is 3. The third-order valence-electron chi connectivity index (χ3n) is 4.31. The molecule has 1 amide bonds. The van der Waals surface area contributed by atoms with E-state index in [1.165, 1.54) is 0 Å². The van der Waals surface area contributed by atoms with Crippen molar-refractivity contribution >= 4 is 22.8 Å². The molecule has 0 aromatic carbocycles. The van der Waals surface area contributed by atoms with E-state index >= 15 is 0 Å². The number of nitrogens with zero attached hydrogens (tertiary/aromatic N) is 4. The molecule has 0 aliphatic carbocycles. The van der Waals surface area contributed by atoms with Crippen molar-refractivity contribution in [2.75, 3.05) is 5.32 Å². The predicted molar refractivity (Wildman–Crippen MR) is 101 cm³/mol. The molecule has 0 radical (unpaired) electrons. The summed E-state index contributed by atoms with van der Waals surface area (Å²) in [5.74, 6) is 0.194. The SMILES string of the molecule is Cc1ccncc1-c1cc(C(=O)Nc2ccccn2)nc2c1ccn2C. The van der Waals surface area contributed by atoms with Gasteiger partial charge in [0.05, 0.1) is 0 Å². The van der Waals surface area contributed by atoms with Crippen LogP contribution in [0, 0.1) is 6.92 Å². The Labute approximate surface area is 150 Å². The first kappa shape index (κ1) is 16.0. The molecule has 4 aromatic heterocycles. The molecule has 1 N–H and O–H groups in total. The lowest BCUT2D eigenvalue weighted by atomic mass is 10.00. The summed E-state index contributed by atoms with van der Waals surface area (Å²) in [6.45, 7) is 2.03. The number of fused-ring (bicyclic) bond motifs is 1. The Morgan fingerprint density at radius 1 is 1.12 bits per heavy atom. The summed E-state index contributed by atoms with van der Waals surface area (Å²) < 4.78 is 1.90. The van der Waals surface area contributed by atoms with Gasteiger partial charge < -0.3 is 9.88 Å². The molecule has 0 unspecified atom stereocenters. The molecular formula is C20H17N5O. The van der Waals surface area contributed by atoms with Gasteiger partial charge in [-0.3, -0.25) is 9.78 Å². The second-order valence-electron chi connectivity index (χ2n) is 6.08. The number of carbonyl (C=O) groups excluding carboxylic acids is 1. The van der Waals surface area contributed by atoms with Crippen LogP contribution in [0.5, 0.6) is 0 Å². The molecule has 128 valence electrons. The van der Waals surface area contributed by atoms with Gasteiger partial charge in [0, 0.05) is 42.8 Å². The number of amides is 1. The quantitative estimate of drug-likeness (QED) is 0.617. The number of carbonyl (C=O) groups is 1. The summed E-state index contributed by atoms with van der Waals surface area (Å²) in [4.78, 5) is 25.6. The molecule has 0 aliphatic heterocycles. The minimum atomic E-state index is -0.297. The summed E-state index contributed by atoms with van der Waals surface area (Å²) in [5, 5.41) is 3.77. The second-order valence-corrected chi connectivity index (χ2v) is 6.08. The first-order valence-corrected chi connectivity index (χ1v) is 8.23. The number of rotatable bonds is 3. The van der Waals surface area contributed by atoms with Crippen LogP contribution in [0.15, 0.2) is 61.2 Å². The van der Waals surface area contributed by atoms with Crippen LogP contribution in [-0.4, -0.2) is 25.4 Å². The number of aryl methyl sites for hydroxylation is 2. The Kier molecular flexibility index (Phi) is 3.93. The van der Waals surface area contributed by atoms with Crippen LogP contribution in [-0.2, 0) is 7.05 Å². The van der Waals surface area contributed by atoms with Gasteiger partial charge in [0.1, 0.15) is 17.2 Å². The molecular weight excluding hydrogens is 326 g/mol. The molecule has 6 nitrogen and oxygen atoms in total. The highest BCUT2D eigenvalue weighted by molar-refractivity contribution is 6.06. The van der Waals surface area contributed by atoms with Crippen molar-refractivity contribution in [1.82, 2.24) is 19.5 Å². The van der Waals surface area contributed by atoms with E-state index in [0.29, 0.717) is 11.5 Å². The molecule has 0 aliphatic rings. The summed E-state index contributed by atoms with van der Waals surface area (Å²) >= 11 is 0. The van der Waals surface area contributed by atoms with Crippen LogP contribution < -0.4 is 5.32 Å². The fourth-order valence-corrected chi connectivity index (χ4v) is 2.93. The maximum atomic E-state index is 12.7. The van der Waals surface area contributed by atoms with E-state index in [1.54, 1.807) is 24.5 Å². The molecule has 6 heteroatoms. The Morgan fingerprint density at radius 2 is 2.00 bits per heavy atom. The molecule has 4 aromatic rings. The third kappa shape index (κ3) is 2.82. The van der Waals surface area contributed by atoms with E-state index in [0.717, 1.165) is 27.7 Å². The second kappa shape index (κ2) is 6.40. The molecule has 0 saturated carbocycles. The lowest BCUT2D eigenvalue weighted by Crippen LogP contribution is -2.15. The highest BCUT2D eigenvalue weighted by atomic mass is 16.1. The topological polar surface area (TPSA) is 72.7 Å². The van der Waals surface area contributed by atoms with Crippen molar-refractivity contribution in [3.05, 3.63) is 72.4 Å². The lowest BCUT2D eigenvalue weighted by molar-refractivity contribution is 0.102. The van der Waals surface area contributed by atoms with Gasteiger partial charge in [0.2, 0.25) is 0 Å². The standard InChI is InChI=1S/C20H17N5O/c1-13-6-9-21-12-16(13)15-11-17(23-19-14(15)7-10-25(19)2)20(26)24-18-5-3-4-8-22-18/h3-12H,1-2H3,(H,22,24,26). The van der Waals surface area contributed by atoms with Gasteiger partial charge in [-0.05, 0) is 48.4 Å². The number of nitrogens with one attached hydrogen (secondary N) is 1. The van der Waals surface area contributed by atoms with E-state index in [9.17, 15) is 4.79 Å². The Hall–Kier alpha value is -3.54. The maximum Gasteiger partial charge on any atom is 0.275 e. The zero-order chi connectivity index (χ0) is 18.1. The van der Waals surface area contributed by atoms with Crippen LogP contribution >= 0.6 is 0 Å². The number of anilines is 1. The molecule has 4 rings (SSSR count). The lowest BCUT2D eigenvalue weighted by Gasteiger charge is -2.10. The van der Waals surface area contributed by atoms with Crippen molar-refractivity contribution in [1.29, 1.82) is 0 Å². The molecule has 26 heavy (non-hydrogen) atoms. The predicted octanol–water partition coefficient (Wildman–Crippen LogP) is 3.59. The first-order valence-electron chi connectivity index (χ1n) is 8.23. The van der Waals surface area contributed by atoms with Gasteiger partial charge in [0.15, 0.2) is 0 Å². The van der Waals surface area contributed by atoms with Crippen molar-refractivity contribution in [3.63, 3.8) is 0 Å². The van der Waals surface area contributed by atoms with Crippen molar-refractivity contribution in [2.45, 2.75) is 6.92 Å². The zero-order valence-electron chi connectivity index (χ0n) is 14.5. The largest absolute Gasteiger partial charge is 0.336 e. The first-order chi connectivity index (χ1) is 12.6. The van der Waals surface area contributed by atoms with Crippen molar-refractivity contribution in [3.8, 4) is 11.1 Å². The average Bonchev–Trinajstić information content (AvgIpc) is 3.03. The Bertz CT molecular complexity index is 1100. The van der Waals surface area contributed by atoms with Crippen LogP contribution in [0.25, 0.3) is 22.2 Å². The molecule has 0 bridgehead atoms. The van der Waals surface area contributed by atoms with Crippen LogP contribution in [0.2, 0.25) is 0 Å². The van der Waals surface area contributed by atoms with Gasteiger partial charge in [-0.2, -0.15) is 0 Å². The Morgan fingerprint density at radius 3 is 2.77 bits per heavy atom. The minimum Gasteiger partial charge on any atom is -0.336 e. The van der Waals surface area contributed by atoms with E-state index in [2.05, 4.69) is 20.3 Å². The molecule has 0 spiro atoms. The summed E-state index contributed by atoms with van der Waals surface area (Å²) in [6, 6.07) is 11.1. The fourth-order valence-electron chi connectivity index (χ4n) is 2.93. The van der Waals surface area contributed by atoms with Gasteiger partial charge in [0.25, 0.3) is 5.91 Å². The Balaban J connectivity index is 1.85. The zero-order valence-corrected chi connectivity index (χ0v) is 14.5.